The Bertz CT molecular complexity index is 814. The minimum Gasteiger partial charge on any atom is -0.504 e. The highest BCUT2D eigenvalue weighted by molar-refractivity contribution is 5.98. The number of halogens is 1. The van der Waals surface area contributed by atoms with E-state index in [0.29, 0.717) is 5.56 Å². The van der Waals surface area contributed by atoms with Gasteiger partial charge in [0.1, 0.15) is 0 Å². The Morgan fingerprint density at radius 3 is 1.85 bits per heavy atom. The second kappa shape index (κ2) is 9.04. The van der Waals surface area contributed by atoms with Crippen molar-refractivity contribution in [2.24, 2.45) is 0 Å². The van der Waals surface area contributed by atoms with Gasteiger partial charge in [0.05, 0.1) is 12.6 Å². The van der Waals surface area contributed by atoms with Crippen molar-refractivity contribution in [3.63, 3.8) is 0 Å². The Hall–Kier alpha value is -2.82. The molecule has 0 unspecified atom stereocenters. The normalized spacial score (nSPS) is 10.3. The Balaban J connectivity index is 0.00000243. The van der Waals surface area contributed by atoms with Gasteiger partial charge in [-0.3, -0.25) is 10.1 Å². The predicted molar refractivity (Wildman–Crippen MR) is 104 cm³/mol. The fourth-order valence-electron chi connectivity index (χ4n) is 2.71. The molecule has 3 aromatic rings. The lowest BCUT2D eigenvalue weighted by molar-refractivity contribution is 0.0988. The smallest absolute Gasteiger partial charge is 0.176 e. The number of carbonyl (C=O) groups excluding carboxylic acids is 1. The van der Waals surface area contributed by atoms with E-state index in [0.717, 1.165) is 11.1 Å². The molecule has 0 bridgehead atoms. The first-order chi connectivity index (χ1) is 12.1. The molecular weight excluding hydrogens is 350 g/mol. The summed E-state index contributed by atoms with van der Waals surface area (Å²) in [5.41, 5.74) is 2.48. The van der Waals surface area contributed by atoms with Crippen molar-refractivity contribution in [1.29, 1.82) is 0 Å². The molecule has 3 N–H and O–H groups in total. The van der Waals surface area contributed by atoms with Crippen LogP contribution in [0.25, 0.3) is 0 Å². The first-order valence-corrected chi connectivity index (χ1v) is 8.03. The van der Waals surface area contributed by atoms with Crippen molar-refractivity contribution in [3.05, 3.63) is 95.6 Å². The third kappa shape index (κ3) is 4.63. The lowest BCUT2D eigenvalue weighted by Crippen LogP contribution is -2.28. The molecule has 0 radical (unpaired) electrons. The van der Waals surface area contributed by atoms with Gasteiger partial charge in [-0.15, -0.1) is 12.4 Å². The van der Waals surface area contributed by atoms with E-state index in [2.05, 4.69) is 5.32 Å². The van der Waals surface area contributed by atoms with Gasteiger partial charge in [-0.1, -0.05) is 60.7 Å². The average molecular weight is 370 g/mol. The second-order valence-corrected chi connectivity index (χ2v) is 5.76. The van der Waals surface area contributed by atoms with Gasteiger partial charge < -0.3 is 10.2 Å². The number of phenolic OH excluding ortho intramolecular Hbond substituents is 2. The number of Topliss-reactive ketones (excluding diaryl/α,β-unsaturated/α-hetero) is 1. The molecule has 3 aromatic carbocycles. The molecule has 0 spiro atoms. The largest absolute Gasteiger partial charge is 0.504 e. The molecule has 0 saturated carbocycles. The average Bonchev–Trinajstić information content (AvgIpc) is 2.66. The van der Waals surface area contributed by atoms with Crippen LogP contribution >= 0.6 is 12.4 Å². The Morgan fingerprint density at radius 2 is 1.35 bits per heavy atom. The minimum absolute atomic E-state index is 0. The molecule has 0 fully saturated rings. The van der Waals surface area contributed by atoms with Crippen molar-refractivity contribution in [1.82, 2.24) is 5.32 Å². The summed E-state index contributed by atoms with van der Waals surface area (Å²) in [7, 11) is 0. The Morgan fingerprint density at radius 1 is 0.808 bits per heavy atom. The van der Waals surface area contributed by atoms with E-state index >= 15 is 0 Å². The van der Waals surface area contributed by atoms with Crippen LogP contribution in [0.3, 0.4) is 0 Å². The molecule has 134 valence electrons. The number of carbonyl (C=O) groups is 1. The molecule has 0 atom stereocenters. The summed E-state index contributed by atoms with van der Waals surface area (Å²) >= 11 is 0. The lowest BCUT2D eigenvalue weighted by Gasteiger charge is -2.19. The number of hydrogen-bond donors (Lipinski definition) is 3. The van der Waals surface area contributed by atoms with Crippen LogP contribution < -0.4 is 5.32 Å². The first-order valence-electron chi connectivity index (χ1n) is 8.03. The van der Waals surface area contributed by atoms with Gasteiger partial charge in [-0.2, -0.15) is 0 Å². The fraction of sp³-hybridized carbons (Fsp3) is 0.0952. The molecule has 26 heavy (non-hydrogen) atoms. The van der Waals surface area contributed by atoms with Crippen molar-refractivity contribution in [2.45, 2.75) is 6.04 Å². The zero-order valence-corrected chi connectivity index (χ0v) is 14.8. The number of ketones is 1. The summed E-state index contributed by atoms with van der Waals surface area (Å²) in [6.45, 7) is 0.110. The maximum atomic E-state index is 12.4. The molecule has 3 rings (SSSR count). The standard InChI is InChI=1S/C21H19NO3.ClH/c23-18-12-11-17(13-19(18)24)20(25)14-22-21(15-7-3-1-4-8-15)16-9-5-2-6-10-16;/h1-13,21-24H,14H2;1H. The van der Waals surface area contributed by atoms with Gasteiger partial charge in [-0.05, 0) is 29.3 Å². The number of phenols is 2. The third-order valence-electron chi connectivity index (χ3n) is 4.03. The topological polar surface area (TPSA) is 69.6 Å². The monoisotopic (exact) mass is 369 g/mol. The van der Waals surface area contributed by atoms with Crippen LogP contribution in [-0.2, 0) is 0 Å². The van der Waals surface area contributed by atoms with E-state index < -0.39 is 0 Å². The van der Waals surface area contributed by atoms with E-state index in [1.807, 2.05) is 60.7 Å². The van der Waals surface area contributed by atoms with Gasteiger partial charge in [0.2, 0.25) is 0 Å². The number of hydrogen-bond acceptors (Lipinski definition) is 4. The van der Waals surface area contributed by atoms with Gasteiger partial charge in [0.15, 0.2) is 17.3 Å². The lowest BCUT2D eigenvalue weighted by atomic mass is 9.98. The molecule has 0 aromatic heterocycles. The van der Waals surface area contributed by atoms with Crippen molar-refractivity contribution in [3.8, 4) is 11.5 Å². The second-order valence-electron chi connectivity index (χ2n) is 5.76. The third-order valence-corrected chi connectivity index (χ3v) is 4.03. The van der Waals surface area contributed by atoms with Gasteiger partial charge >= 0.3 is 0 Å². The zero-order chi connectivity index (χ0) is 17.6. The molecule has 0 aliphatic heterocycles. The van der Waals surface area contributed by atoms with Crippen LogP contribution in [0.4, 0.5) is 0 Å². The molecule has 0 saturated heterocycles. The van der Waals surface area contributed by atoms with Crippen LogP contribution in [0.2, 0.25) is 0 Å². The van der Waals surface area contributed by atoms with E-state index in [9.17, 15) is 15.0 Å². The van der Waals surface area contributed by atoms with Gasteiger partial charge in [0, 0.05) is 5.56 Å². The van der Waals surface area contributed by atoms with E-state index in [1.165, 1.54) is 18.2 Å². The van der Waals surface area contributed by atoms with Crippen molar-refractivity contribution >= 4 is 18.2 Å². The molecule has 0 aliphatic rings. The maximum Gasteiger partial charge on any atom is 0.176 e. The van der Waals surface area contributed by atoms with E-state index in [1.54, 1.807) is 0 Å². The van der Waals surface area contributed by atoms with Crippen molar-refractivity contribution < 1.29 is 15.0 Å². The number of nitrogens with one attached hydrogen (secondary N) is 1. The summed E-state index contributed by atoms with van der Waals surface area (Å²) in [4.78, 5) is 12.4. The first kappa shape index (κ1) is 19.5. The van der Waals surface area contributed by atoms with Crippen LogP contribution in [0.15, 0.2) is 78.9 Å². The molecule has 0 aliphatic carbocycles. The molecule has 0 heterocycles. The van der Waals surface area contributed by atoms with Gasteiger partial charge in [0.25, 0.3) is 0 Å². The van der Waals surface area contributed by atoms with E-state index in [4.69, 9.17) is 0 Å². The van der Waals surface area contributed by atoms with E-state index in [-0.39, 0.29) is 42.3 Å². The number of rotatable bonds is 6. The minimum atomic E-state index is -0.298. The molecule has 5 heteroatoms. The highest BCUT2D eigenvalue weighted by Gasteiger charge is 2.16. The summed E-state index contributed by atoms with van der Waals surface area (Å²) in [6, 6.07) is 23.8. The quantitative estimate of drug-likeness (QED) is 0.452. The van der Waals surface area contributed by atoms with Crippen LogP contribution in [-0.4, -0.2) is 22.5 Å². The zero-order valence-electron chi connectivity index (χ0n) is 14.0. The summed E-state index contributed by atoms with van der Waals surface area (Å²) in [6.07, 6.45) is 0. The summed E-state index contributed by atoms with van der Waals surface area (Å²) < 4.78 is 0. The SMILES string of the molecule is Cl.O=C(CNC(c1ccccc1)c1ccccc1)c1ccc(O)c(O)c1. The summed E-state index contributed by atoms with van der Waals surface area (Å²) in [5, 5.41) is 22.2. The maximum absolute atomic E-state index is 12.4. The van der Waals surface area contributed by atoms with Crippen molar-refractivity contribution in [2.75, 3.05) is 6.54 Å². The summed E-state index contributed by atoms with van der Waals surface area (Å²) in [5.74, 6) is -0.698. The Labute approximate surface area is 158 Å². The molecular formula is C21H20ClNO3. The molecule has 0 amide bonds. The fourth-order valence-corrected chi connectivity index (χ4v) is 2.71. The number of benzene rings is 3. The van der Waals surface area contributed by atoms with Crippen LogP contribution in [0.1, 0.15) is 27.5 Å². The highest BCUT2D eigenvalue weighted by Crippen LogP contribution is 2.25. The Kier molecular flexibility index (Phi) is 6.78. The number of aromatic hydroxyl groups is 2. The van der Waals surface area contributed by atoms with Crippen LogP contribution in [0, 0.1) is 0 Å². The van der Waals surface area contributed by atoms with Crippen LogP contribution in [0.5, 0.6) is 11.5 Å². The molecule has 4 nitrogen and oxygen atoms in total. The van der Waals surface area contributed by atoms with Gasteiger partial charge in [-0.25, -0.2) is 0 Å². The highest BCUT2D eigenvalue weighted by atomic mass is 35.5. The predicted octanol–water partition coefficient (Wildman–Crippen LogP) is 4.08.